The number of aromatic amines is 1. The summed E-state index contributed by atoms with van der Waals surface area (Å²) in [5.74, 6) is -0.313. The number of aryl methyl sites for hydroxylation is 2. The summed E-state index contributed by atoms with van der Waals surface area (Å²) in [5.41, 5.74) is 9.16. The molecule has 0 saturated carbocycles. The van der Waals surface area contributed by atoms with E-state index < -0.39 is 0 Å². The van der Waals surface area contributed by atoms with Gasteiger partial charge in [-0.05, 0) is 40.9 Å². The Kier molecular flexibility index (Phi) is 4.44. The van der Waals surface area contributed by atoms with Crippen molar-refractivity contribution in [2.24, 2.45) is 0 Å². The standard InChI is InChI=1S/C14H17BrN4O/c1-3-5-10-12(16)13(19-18-10)14(20)17-9-7-4-6-8(2)11(9)15/h4,6-7H,3,5,16H2,1-2H3,(H,17,20)(H,18,19). The minimum Gasteiger partial charge on any atom is -0.395 e. The number of aromatic nitrogens is 2. The van der Waals surface area contributed by atoms with Crippen LogP contribution in [0.4, 0.5) is 11.4 Å². The number of carbonyl (C=O) groups is 1. The van der Waals surface area contributed by atoms with Crippen LogP contribution in [0.1, 0.15) is 35.1 Å². The maximum Gasteiger partial charge on any atom is 0.278 e. The molecule has 106 valence electrons. The summed E-state index contributed by atoms with van der Waals surface area (Å²) in [6.45, 7) is 4.01. The lowest BCUT2D eigenvalue weighted by Crippen LogP contribution is -2.15. The van der Waals surface area contributed by atoms with E-state index >= 15 is 0 Å². The molecule has 6 heteroatoms. The van der Waals surface area contributed by atoms with E-state index in [1.54, 1.807) is 0 Å². The largest absolute Gasteiger partial charge is 0.395 e. The van der Waals surface area contributed by atoms with Gasteiger partial charge in [0.15, 0.2) is 5.69 Å². The van der Waals surface area contributed by atoms with E-state index in [-0.39, 0.29) is 11.6 Å². The number of halogens is 1. The Bertz CT molecular complexity index is 636. The van der Waals surface area contributed by atoms with Crippen LogP contribution in [-0.4, -0.2) is 16.1 Å². The zero-order chi connectivity index (χ0) is 14.7. The molecule has 0 saturated heterocycles. The number of H-pyrrole nitrogens is 1. The van der Waals surface area contributed by atoms with Gasteiger partial charge in [-0.1, -0.05) is 25.5 Å². The summed E-state index contributed by atoms with van der Waals surface area (Å²) >= 11 is 3.46. The number of nitrogens with one attached hydrogen (secondary N) is 2. The molecule has 0 aliphatic carbocycles. The highest BCUT2D eigenvalue weighted by atomic mass is 79.9. The lowest BCUT2D eigenvalue weighted by atomic mass is 10.2. The number of benzene rings is 1. The molecule has 0 atom stereocenters. The number of amides is 1. The molecular weight excluding hydrogens is 320 g/mol. The molecule has 0 unspecified atom stereocenters. The summed E-state index contributed by atoms with van der Waals surface area (Å²) in [5, 5.41) is 9.64. The van der Waals surface area contributed by atoms with Crippen molar-refractivity contribution < 1.29 is 4.79 Å². The van der Waals surface area contributed by atoms with E-state index in [4.69, 9.17) is 5.73 Å². The second kappa shape index (κ2) is 6.09. The van der Waals surface area contributed by atoms with Crippen molar-refractivity contribution in [1.29, 1.82) is 0 Å². The van der Waals surface area contributed by atoms with Crippen LogP contribution in [0.25, 0.3) is 0 Å². The van der Waals surface area contributed by atoms with Crippen molar-refractivity contribution in [2.75, 3.05) is 11.1 Å². The minimum atomic E-state index is -0.313. The number of rotatable bonds is 4. The number of nitrogen functional groups attached to an aromatic ring is 1. The Morgan fingerprint density at radius 1 is 1.50 bits per heavy atom. The van der Waals surface area contributed by atoms with Crippen molar-refractivity contribution in [1.82, 2.24) is 10.2 Å². The first kappa shape index (κ1) is 14.6. The summed E-state index contributed by atoms with van der Waals surface area (Å²) in [7, 11) is 0. The molecule has 1 amide bonds. The monoisotopic (exact) mass is 336 g/mol. The highest BCUT2D eigenvalue weighted by Gasteiger charge is 2.17. The fourth-order valence-corrected chi connectivity index (χ4v) is 2.29. The molecule has 0 bridgehead atoms. The summed E-state index contributed by atoms with van der Waals surface area (Å²) in [6, 6.07) is 5.67. The van der Waals surface area contributed by atoms with Crippen molar-refractivity contribution in [3.63, 3.8) is 0 Å². The number of nitrogens with zero attached hydrogens (tertiary/aromatic N) is 1. The lowest BCUT2D eigenvalue weighted by Gasteiger charge is -2.08. The Hall–Kier alpha value is -1.82. The number of anilines is 2. The topological polar surface area (TPSA) is 83.8 Å². The van der Waals surface area contributed by atoms with Gasteiger partial charge in [-0.25, -0.2) is 0 Å². The average Bonchev–Trinajstić information content (AvgIpc) is 2.77. The molecule has 4 N–H and O–H groups in total. The second-order valence-electron chi connectivity index (χ2n) is 4.61. The fraction of sp³-hybridized carbons (Fsp3) is 0.286. The zero-order valence-electron chi connectivity index (χ0n) is 11.5. The quantitative estimate of drug-likeness (QED) is 0.801. The number of nitrogens with two attached hydrogens (primary N) is 1. The molecule has 2 aromatic rings. The van der Waals surface area contributed by atoms with Gasteiger partial charge in [0, 0.05) is 4.47 Å². The van der Waals surface area contributed by atoms with Gasteiger partial charge in [-0.3, -0.25) is 9.89 Å². The molecule has 20 heavy (non-hydrogen) atoms. The average molecular weight is 337 g/mol. The Morgan fingerprint density at radius 2 is 2.25 bits per heavy atom. The number of hydrogen-bond donors (Lipinski definition) is 3. The van der Waals surface area contributed by atoms with Crippen LogP contribution in [0.5, 0.6) is 0 Å². The summed E-state index contributed by atoms with van der Waals surface area (Å²) < 4.78 is 0.858. The van der Waals surface area contributed by atoms with Crippen molar-refractivity contribution in [3.05, 3.63) is 39.6 Å². The molecule has 2 rings (SSSR count). The van der Waals surface area contributed by atoms with Crippen LogP contribution in [0.2, 0.25) is 0 Å². The van der Waals surface area contributed by atoms with Crippen molar-refractivity contribution in [2.45, 2.75) is 26.7 Å². The molecule has 1 heterocycles. The summed E-state index contributed by atoms with van der Waals surface area (Å²) in [4.78, 5) is 12.2. The molecule has 0 radical (unpaired) electrons. The third kappa shape index (κ3) is 2.85. The fourth-order valence-electron chi connectivity index (χ4n) is 1.93. The predicted molar refractivity (Wildman–Crippen MR) is 83.8 cm³/mol. The van der Waals surface area contributed by atoms with Gasteiger partial charge in [0.25, 0.3) is 5.91 Å². The highest BCUT2D eigenvalue weighted by Crippen LogP contribution is 2.26. The van der Waals surface area contributed by atoms with Crippen LogP contribution in [0.3, 0.4) is 0 Å². The lowest BCUT2D eigenvalue weighted by molar-refractivity contribution is 0.102. The Morgan fingerprint density at radius 3 is 2.95 bits per heavy atom. The highest BCUT2D eigenvalue weighted by molar-refractivity contribution is 9.10. The van der Waals surface area contributed by atoms with E-state index in [9.17, 15) is 4.79 Å². The van der Waals surface area contributed by atoms with Gasteiger partial charge in [-0.2, -0.15) is 5.10 Å². The summed E-state index contributed by atoms with van der Waals surface area (Å²) in [6.07, 6.45) is 1.72. The van der Waals surface area contributed by atoms with E-state index in [0.29, 0.717) is 11.4 Å². The van der Waals surface area contributed by atoms with E-state index in [0.717, 1.165) is 28.6 Å². The first-order valence-corrected chi connectivity index (χ1v) is 7.23. The maximum absolute atomic E-state index is 12.2. The number of carbonyl (C=O) groups excluding carboxylic acids is 1. The predicted octanol–water partition coefficient (Wildman–Crippen LogP) is 3.27. The van der Waals surface area contributed by atoms with Gasteiger partial charge < -0.3 is 11.1 Å². The molecule has 5 nitrogen and oxygen atoms in total. The first-order chi connectivity index (χ1) is 9.54. The molecule has 0 spiro atoms. The van der Waals surface area contributed by atoms with Crippen LogP contribution in [0, 0.1) is 6.92 Å². The molecule has 1 aromatic heterocycles. The SMILES string of the molecule is CCCc1[nH]nc(C(=O)Nc2cccc(C)c2Br)c1N. The number of hydrogen-bond acceptors (Lipinski definition) is 3. The van der Waals surface area contributed by atoms with E-state index in [1.165, 1.54) is 0 Å². The zero-order valence-corrected chi connectivity index (χ0v) is 13.0. The third-order valence-electron chi connectivity index (χ3n) is 3.04. The smallest absolute Gasteiger partial charge is 0.278 e. The van der Waals surface area contributed by atoms with Gasteiger partial charge >= 0.3 is 0 Å². The molecule has 0 fully saturated rings. The normalized spacial score (nSPS) is 10.6. The van der Waals surface area contributed by atoms with Crippen LogP contribution in [0.15, 0.2) is 22.7 Å². The van der Waals surface area contributed by atoms with Gasteiger partial charge in [0.2, 0.25) is 0 Å². The van der Waals surface area contributed by atoms with Crippen LogP contribution in [-0.2, 0) is 6.42 Å². The molecular formula is C14H17BrN4O. The minimum absolute atomic E-state index is 0.238. The molecule has 1 aromatic carbocycles. The van der Waals surface area contributed by atoms with E-state index in [1.807, 2.05) is 32.0 Å². The van der Waals surface area contributed by atoms with Gasteiger partial charge in [0.1, 0.15) is 0 Å². The second-order valence-corrected chi connectivity index (χ2v) is 5.40. The third-order valence-corrected chi connectivity index (χ3v) is 4.09. The van der Waals surface area contributed by atoms with E-state index in [2.05, 4.69) is 31.4 Å². The Balaban J connectivity index is 2.22. The van der Waals surface area contributed by atoms with Crippen molar-refractivity contribution >= 4 is 33.2 Å². The van der Waals surface area contributed by atoms with Gasteiger partial charge in [0.05, 0.1) is 17.1 Å². The molecule has 0 aliphatic rings. The Labute approximate surface area is 126 Å². The molecule has 0 aliphatic heterocycles. The van der Waals surface area contributed by atoms with Crippen LogP contribution >= 0.6 is 15.9 Å². The van der Waals surface area contributed by atoms with Gasteiger partial charge in [-0.15, -0.1) is 0 Å². The first-order valence-electron chi connectivity index (χ1n) is 6.43. The maximum atomic E-state index is 12.2. The van der Waals surface area contributed by atoms with Crippen molar-refractivity contribution in [3.8, 4) is 0 Å². The van der Waals surface area contributed by atoms with Crippen LogP contribution < -0.4 is 11.1 Å².